The second-order valence-corrected chi connectivity index (χ2v) is 8.74. The zero-order valence-electron chi connectivity index (χ0n) is 17.5. The summed E-state index contributed by atoms with van der Waals surface area (Å²) >= 11 is 0. The summed E-state index contributed by atoms with van der Waals surface area (Å²) in [6, 6.07) is 38.6. The second-order valence-electron chi connectivity index (χ2n) is 8.74. The molecule has 0 heterocycles. The van der Waals surface area contributed by atoms with Crippen molar-refractivity contribution in [2.24, 2.45) is 0 Å². The van der Waals surface area contributed by atoms with Gasteiger partial charge in [-0.2, -0.15) is 0 Å². The largest absolute Gasteiger partial charge is 0.0728 e. The Hall–Kier alpha value is -3.64. The third kappa shape index (κ3) is 1.92. The van der Waals surface area contributed by atoms with Crippen molar-refractivity contribution >= 4 is 10.8 Å². The first kappa shape index (κ1) is 17.1. The van der Waals surface area contributed by atoms with Crippen LogP contribution in [-0.2, 0) is 11.8 Å². The Morgan fingerprint density at radius 3 is 1.94 bits per heavy atom. The van der Waals surface area contributed by atoms with Gasteiger partial charge in [0.2, 0.25) is 0 Å². The lowest BCUT2D eigenvalue weighted by Crippen LogP contribution is -2.27. The number of aryl methyl sites for hydroxylation is 1. The standard InChI is InChI=1S/C31H22/c1-2-20-11-9-15-25-29-22-12-4-3-10-21(22)18-19-28(29)31(30(20)25)26-16-7-5-13-23(26)24-14-6-8-17-27(24)31/h3-19H,2H2,1H3. The molecule has 1 spiro atoms. The Kier molecular flexibility index (Phi) is 3.28. The van der Waals surface area contributed by atoms with Crippen LogP contribution in [0.1, 0.15) is 34.7 Å². The van der Waals surface area contributed by atoms with E-state index in [4.69, 9.17) is 0 Å². The molecule has 0 fully saturated rings. The molecule has 0 N–H and O–H groups in total. The average Bonchev–Trinajstić information content (AvgIpc) is 3.31. The molecule has 0 bridgehead atoms. The fraction of sp³-hybridized carbons (Fsp3) is 0.0968. The molecule has 5 aromatic rings. The maximum Gasteiger partial charge on any atom is 0.0728 e. The third-order valence-electron chi connectivity index (χ3n) is 7.46. The summed E-state index contributed by atoms with van der Waals surface area (Å²) in [5, 5.41) is 2.67. The Balaban J connectivity index is 1.77. The van der Waals surface area contributed by atoms with E-state index in [2.05, 4.69) is 110 Å². The topological polar surface area (TPSA) is 0 Å². The Morgan fingerprint density at radius 2 is 1.19 bits per heavy atom. The normalized spacial score (nSPS) is 14.4. The van der Waals surface area contributed by atoms with Crippen molar-refractivity contribution in [1.82, 2.24) is 0 Å². The molecule has 0 aromatic heterocycles. The van der Waals surface area contributed by atoms with E-state index in [9.17, 15) is 0 Å². The van der Waals surface area contributed by atoms with E-state index in [-0.39, 0.29) is 5.41 Å². The van der Waals surface area contributed by atoms with Crippen LogP contribution in [0.25, 0.3) is 33.0 Å². The Labute approximate surface area is 182 Å². The van der Waals surface area contributed by atoms with Crippen molar-refractivity contribution in [3.05, 3.63) is 131 Å². The van der Waals surface area contributed by atoms with Crippen LogP contribution in [0.3, 0.4) is 0 Å². The van der Waals surface area contributed by atoms with Gasteiger partial charge in [0, 0.05) is 0 Å². The van der Waals surface area contributed by atoms with E-state index >= 15 is 0 Å². The molecule has 0 radical (unpaired) electrons. The van der Waals surface area contributed by atoms with Crippen molar-refractivity contribution in [2.45, 2.75) is 18.8 Å². The van der Waals surface area contributed by atoms with Gasteiger partial charge in [-0.05, 0) is 67.3 Å². The molecule has 2 aliphatic carbocycles. The van der Waals surface area contributed by atoms with E-state index < -0.39 is 0 Å². The van der Waals surface area contributed by atoms with Crippen LogP contribution < -0.4 is 0 Å². The predicted octanol–water partition coefficient (Wildman–Crippen LogP) is 7.75. The van der Waals surface area contributed by atoms with Gasteiger partial charge in [-0.1, -0.05) is 110 Å². The van der Waals surface area contributed by atoms with Crippen LogP contribution >= 0.6 is 0 Å². The fourth-order valence-electron chi connectivity index (χ4n) is 6.35. The van der Waals surface area contributed by atoms with Crippen LogP contribution in [-0.4, -0.2) is 0 Å². The van der Waals surface area contributed by atoms with Gasteiger partial charge in [0.15, 0.2) is 0 Å². The summed E-state index contributed by atoms with van der Waals surface area (Å²) in [6.45, 7) is 2.29. The highest BCUT2D eigenvalue weighted by Gasteiger charge is 2.52. The molecule has 5 aromatic carbocycles. The minimum atomic E-state index is -0.242. The van der Waals surface area contributed by atoms with Crippen molar-refractivity contribution < 1.29 is 0 Å². The zero-order valence-corrected chi connectivity index (χ0v) is 17.5. The summed E-state index contributed by atoms with van der Waals surface area (Å²) < 4.78 is 0. The summed E-state index contributed by atoms with van der Waals surface area (Å²) in [5.41, 5.74) is 12.5. The van der Waals surface area contributed by atoms with Gasteiger partial charge in [0.25, 0.3) is 0 Å². The summed E-state index contributed by atoms with van der Waals surface area (Å²) in [4.78, 5) is 0. The first-order chi connectivity index (χ1) is 15.4. The van der Waals surface area contributed by atoms with Crippen LogP contribution in [0, 0.1) is 0 Å². The van der Waals surface area contributed by atoms with Crippen molar-refractivity contribution in [3.63, 3.8) is 0 Å². The van der Waals surface area contributed by atoms with E-state index in [1.54, 1.807) is 0 Å². The van der Waals surface area contributed by atoms with E-state index in [1.165, 1.54) is 60.8 Å². The minimum Gasteiger partial charge on any atom is -0.0619 e. The number of benzene rings is 5. The molecule has 0 nitrogen and oxygen atoms in total. The summed E-state index contributed by atoms with van der Waals surface area (Å²) in [7, 11) is 0. The lowest BCUT2D eigenvalue weighted by molar-refractivity contribution is 0.779. The molecule has 0 amide bonds. The van der Waals surface area contributed by atoms with Crippen LogP contribution in [0.15, 0.2) is 103 Å². The van der Waals surface area contributed by atoms with Gasteiger partial charge in [-0.3, -0.25) is 0 Å². The highest BCUT2D eigenvalue weighted by molar-refractivity contribution is 6.06. The maximum atomic E-state index is 2.40. The van der Waals surface area contributed by atoms with Gasteiger partial charge < -0.3 is 0 Å². The molecule has 0 saturated heterocycles. The number of rotatable bonds is 1. The zero-order chi connectivity index (χ0) is 20.6. The van der Waals surface area contributed by atoms with Gasteiger partial charge in [0.05, 0.1) is 5.41 Å². The van der Waals surface area contributed by atoms with Crippen LogP contribution in [0.2, 0.25) is 0 Å². The average molecular weight is 395 g/mol. The molecule has 0 unspecified atom stereocenters. The molecule has 0 aliphatic heterocycles. The van der Waals surface area contributed by atoms with Gasteiger partial charge >= 0.3 is 0 Å². The van der Waals surface area contributed by atoms with Crippen molar-refractivity contribution in [3.8, 4) is 22.3 Å². The highest BCUT2D eigenvalue weighted by atomic mass is 14.5. The molecule has 0 atom stereocenters. The Bertz CT molecular complexity index is 1470. The first-order valence-electron chi connectivity index (χ1n) is 11.2. The molecule has 0 saturated carbocycles. The van der Waals surface area contributed by atoms with E-state index in [0.29, 0.717) is 0 Å². The Morgan fingerprint density at radius 1 is 0.548 bits per heavy atom. The quantitative estimate of drug-likeness (QED) is 0.267. The molecule has 2 aliphatic rings. The maximum absolute atomic E-state index is 2.40. The van der Waals surface area contributed by atoms with E-state index in [0.717, 1.165) is 6.42 Å². The first-order valence-corrected chi connectivity index (χ1v) is 11.2. The third-order valence-corrected chi connectivity index (χ3v) is 7.46. The highest BCUT2D eigenvalue weighted by Crippen LogP contribution is 2.64. The molecule has 31 heavy (non-hydrogen) atoms. The SMILES string of the molecule is CCc1cccc2c1C1(c3ccccc3-c3ccccc31)c1ccc3ccccc3c1-2. The van der Waals surface area contributed by atoms with Gasteiger partial charge in [-0.25, -0.2) is 0 Å². The van der Waals surface area contributed by atoms with Crippen LogP contribution in [0.4, 0.5) is 0 Å². The number of hydrogen-bond donors (Lipinski definition) is 0. The summed E-state index contributed by atoms with van der Waals surface area (Å²) in [5.74, 6) is 0. The van der Waals surface area contributed by atoms with Gasteiger partial charge in [0.1, 0.15) is 0 Å². The second kappa shape index (κ2) is 5.95. The summed E-state index contributed by atoms with van der Waals surface area (Å²) in [6.07, 6.45) is 1.03. The van der Waals surface area contributed by atoms with Gasteiger partial charge in [-0.15, -0.1) is 0 Å². The molecule has 7 rings (SSSR count). The fourth-order valence-corrected chi connectivity index (χ4v) is 6.35. The molecule has 146 valence electrons. The molecular formula is C31H22. The number of hydrogen-bond acceptors (Lipinski definition) is 0. The van der Waals surface area contributed by atoms with Crippen LogP contribution in [0.5, 0.6) is 0 Å². The van der Waals surface area contributed by atoms with Crippen molar-refractivity contribution in [2.75, 3.05) is 0 Å². The van der Waals surface area contributed by atoms with E-state index in [1.807, 2.05) is 0 Å². The lowest BCUT2D eigenvalue weighted by Gasteiger charge is -2.32. The predicted molar refractivity (Wildman–Crippen MR) is 130 cm³/mol. The lowest BCUT2D eigenvalue weighted by atomic mass is 9.69. The molecule has 0 heteroatoms. The monoisotopic (exact) mass is 394 g/mol. The molecular weight excluding hydrogens is 372 g/mol. The number of fused-ring (bicyclic) bond motifs is 12. The minimum absolute atomic E-state index is 0.242. The van der Waals surface area contributed by atoms with Crippen molar-refractivity contribution in [1.29, 1.82) is 0 Å². The smallest absolute Gasteiger partial charge is 0.0619 e.